The summed E-state index contributed by atoms with van der Waals surface area (Å²) in [6, 6.07) is 9.90. The molecule has 5 heterocycles. The summed E-state index contributed by atoms with van der Waals surface area (Å²) in [6.07, 6.45) is 3.74. The van der Waals surface area contributed by atoms with Crippen molar-refractivity contribution in [2.24, 2.45) is 0 Å². The largest absolute Gasteiger partial charge is 0.458 e. The third-order valence-electron chi connectivity index (χ3n) is 14.5. The van der Waals surface area contributed by atoms with Crippen LogP contribution in [0.25, 0.3) is 22.3 Å². The lowest BCUT2D eigenvalue weighted by atomic mass is 9.81. The molecule has 2 aromatic heterocycles. The van der Waals surface area contributed by atoms with Gasteiger partial charge in [-0.25, -0.2) is 14.2 Å². The molecule has 0 spiro atoms. The summed E-state index contributed by atoms with van der Waals surface area (Å²) in [5, 5.41) is 24.5. The van der Waals surface area contributed by atoms with E-state index in [4.69, 9.17) is 14.5 Å². The maximum Gasteiger partial charge on any atom is 0.343 e. The van der Waals surface area contributed by atoms with Gasteiger partial charge in [-0.3, -0.25) is 48.1 Å². The molecule has 0 saturated carbocycles. The molecule has 23 heteroatoms. The summed E-state index contributed by atoms with van der Waals surface area (Å²) in [4.78, 5) is 136. The first kappa shape index (κ1) is 55.1. The number of benzene rings is 2. The van der Waals surface area contributed by atoms with Crippen LogP contribution in [0, 0.1) is 12.7 Å². The molecule has 22 nitrogen and oxygen atoms in total. The molecule has 0 saturated heterocycles. The van der Waals surface area contributed by atoms with Crippen LogP contribution < -0.4 is 32.1 Å². The molecule has 0 bridgehead atoms. The maximum atomic E-state index is 15.5. The number of hydrogen-bond acceptors (Lipinski definition) is 14. The number of likely N-dealkylation sites (N-methyl/N-ethyl adjacent to an activating group) is 1. The zero-order valence-corrected chi connectivity index (χ0v) is 43.0. The average molecular weight is 1060 g/mol. The van der Waals surface area contributed by atoms with E-state index in [9.17, 15) is 53.1 Å². The number of halogens is 1. The zero-order valence-electron chi connectivity index (χ0n) is 43.0. The minimum atomic E-state index is -2.06. The molecule has 2 aromatic carbocycles. The number of rotatable bonds is 22. The Labute approximate surface area is 441 Å². The van der Waals surface area contributed by atoms with E-state index in [0.717, 1.165) is 10.5 Å². The van der Waals surface area contributed by atoms with Gasteiger partial charge in [0.15, 0.2) is 5.60 Å². The molecule has 1 aliphatic carbocycles. The van der Waals surface area contributed by atoms with Crippen molar-refractivity contribution in [1.82, 2.24) is 45.9 Å². The molecule has 4 aromatic rings. The molecular formula is C54H60FN9O13. The SMILES string of the molecule is CC[C@@]1(O)C(=O)OCc2c1cc1n(c2=O)Cc2c-1nc1cc(F)c(C)c3c1c2[C@@H](N(C)C(=O)[C@@H](C)OCNC(=O)CNC(=O)[C@H](Cc1ccccc1)NC(=O)CNC(=O)CNC(=O)CCCCCN1C(=O)C=CC1=O)CC3. The maximum absolute atomic E-state index is 15.5. The zero-order chi connectivity index (χ0) is 55.3. The number of esters is 1. The van der Waals surface area contributed by atoms with E-state index in [2.05, 4.69) is 26.6 Å². The van der Waals surface area contributed by atoms with Crippen LogP contribution in [-0.4, -0.2) is 130 Å². The number of hydrogen-bond donors (Lipinski definition) is 6. The van der Waals surface area contributed by atoms with Crippen molar-refractivity contribution in [3.8, 4) is 11.4 Å². The number of pyridine rings is 2. The first-order chi connectivity index (χ1) is 36.8. The second-order valence-electron chi connectivity index (χ2n) is 19.4. The van der Waals surface area contributed by atoms with E-state index in [-0.39, 0.29) is 61.9 Å². The molecule has 4 aliphatic rings. The molecule has 0 unspecified atom stereocenters. The summed E-state index contributed by atoms with van der Waals surface area (Å²) < 4.78 is 28.0. The van der Waals surface area contributed by atoms with Crippen molar-refractivity contribution in [2.75, 3.05) is 40.0 Å². The van der Waals surface area contributed by atoms with E-state index in [1.807, 2.05) is 0 Å². The van der Waals surface area contributed by atoms with Gasteiger partial charge in [0, 0.05) is 61.2 Å². The van der Waals surface area contributed by atoms with Gasteiger partial charge in [-0.1, -0.05) is 43.7 Å². The van der Waals surface area contributed by atoms with Crippen molar-refractivity contribution in [2.45, 2.75) is 109 Å². The van der Waals surface area contributed by atoms with Crippen LogP contribution in [-0.2, 0) is 84.2 Å². The Morgan fingerprint density at radius 2 is 1.58 bits per heavy atom. The summed E-state index contributed by atoms with van der Waals surface area (Å²) in [6.45, 7) is 2.89. The second kappa shape index (κ2) is 23.4. The highest BCUT2D eigenvalue weighted by atomic mass is 19.1. The summed E-state index contributed by atoms with van der Waals surface area (Å²) >= 11 is 0. The lowest BCUT2D eigenvalue weighted by molar-refractivity contribution is -0.172. The third kappa shape index (κ3) is 11.6. The van der Waals surface area contributed by atoms with Gasteiger partial charge in [0.25, 0.3) is 23.3 Å². The van der Waals surface area contributed by atoms with Crippen LogP contribution in [0.3, 0.4) is 0 Å². The molecule has 4 atom stereocenters. The van der Waals surface area contributed by atoms with E-state index in [1.54, 1.807) is 57.3 Å². The fraction of sp³-hybridized carbons (Fsp3) is 0.426. The highest BCUT2D eigenvalue weighted by molar-refractivity contribution is 6.12. The molecule has 8 rings (SSSR count). The minimum absolute atomic E-state index is 0.0347. The average Bonchev–Trinajstić information content (AvgIpc) is 4.23. The normalized spacial score (nSPS) is 17.7. The number of carbonyl (C=O) groups is 9. The number of imide groups is 1. The number of aromatic nitrogens is 2. The van der Waals surface area contributed by atoms with Gasteiger partial charge in [0.1, 0.15) is 31.3 Å². The Kier molecular flexibility index (Phi) is 16.7. The van der Waals surface area contributed by atoms with Crippen LogP contribution in [0.1, 0.15) is 97.4 Å². The van der Waals surface area contributed by atoms with E-state index >= 15 is 4.39 Å². The summed E-state index contributed by atoms with van der Waals surface area (Å²) in [7, 11) is 1.61. The number of carbonyl (C=O) groups excluding carboxylic acids is 9. The smallest absolute Gasteiger partial charge is 0.343 e. The number of fused-ring (bicyclic) bond motifs is 5. The number of amides is 8. The molecule has 3 aliphatic heterocycles. The van der Waals surface area contributed by atoms with Crippen molar-refractivity contribution in [3.63, 3.8) is 0 Å². The van der Waals surface area contributed by atoms with Crippen molar-refractivity contribution in [3.05, 3.63) is 110 Å². The molecule has 8 amide bonds. The van der Waals surface area contributed by atoms with Crippen LogP contribution in [0.4, 0.5) is 4.39 Å². The van der Waals surface area contributed by atoms with Gasteiger partial charge in [-0.2, -0.15) is 0 Å². The predicted octanol–water partition coefficient (Wildman–Crippen LogP) is 1.01. The summed E-state index contributed by atoms with van der Waals surface area (Å²) in [5.74, 6) is -5.69. The standard InChI is InChI=1S/C54H60FN9O13/c1-5-54(75)35-21-40-49-33(26-64(40)52(73)34(35)27-76-53(54)74)48-39(16-15-32-29(2)36(55)22-37(61-49)47(32)48)62(4)51(72)30(3)77-28-59-43(67)24-58-50(71)38(20-31-12-8-6-9-13-31)60-44(68)25-57-42(66)23-56-41(65)14-10-7-11-19-63-45(69)17-18-46(63)70/h6,8-9,12-13,17-18,21-22,30,38-39,75H,5,7,10-11,14-16,19-20,23-28H2,1-4H3,(H,56,65)(H,57,66)(H,58,71)(H,59,67)(H,60,68)/t30-,38+,39+,54+/m1/s1. The molecule has 0 fully saturated rings. The molecule has 0 radical (unpaired) electrons. The van der Waals surface area contributed by atoms with Gasteiger partial charge >= 0.3 is 5.97 Å². The lowest BCUT2D eigenvalue weighted by Gasteiger charge is -2.36. The number of cyclic esters (lactones) is 1. The van der Waals surface area contributed by atoms with Crippen molar-refractivity contribution in [1.29, 1.82) is 0 Å². The lowest BCUT2D eigenvalue weighted by Crippen LogP contribution is -2.52. The van der Waals surface area contributed by atoms with Crippen LogP contribution >= 0.6 is 0 Å². The molecule has 406 valence electrons. The quantitative estimate of drug-likeness (QED) is 0.0244. The topological polar surface area (TPSA) is 294 Å². The molecule has 6 N–H and O–H groups in total. The highest BCUT2D eigenvalue weighted by Crippen LogP contribution is 2.47. The van der Waals surface area contributed by atoms with Gasteiger partial charge in [0.2, 0.25) is 29.5 Å². The Bertz CT molecular complexity index is 3160. The number of aryl methyl sites for hydroxylation is 1. The second-order valence-corrected chi connectivity index (χ2v) is 19.4. The first-order valence-electron chi connectivity index (χ1n) is 25.5. The minimum Gasteiger partial charge on any atom is -0.458 e. The number of aliphatic hydroxyl groups is 1. The highest BCUT2D eigenvalue weighted by Gasteiger charge is 2.46. The Morgan fingerprint density at radius 1 is 0.896 bits per heavy atom. The number of unbranched alkanes of at least 4 members (excludes halogenated alkanes) is 2. The number of nitrogens with zero attached hydrogens (tertiary/aromatic N) is 4. The Morgan fingerprint density at radius 3 is 2.31 bits per heavy atom. The third-order valence-corrected chi connectivity index (χ3v) is 14.5. The summed E-state index contributed by atoms with van der Waals surface area (Å²) in [5.41, 5.74) is 1.93. The molecule has 77 heavy (non-hydrogen) atoms. The van der Waals surface area contributed by atoms with E-state index in [0.29, 0.717) is 76.6 Å². The predicted molar refractivity (Wildman–Crippen MR) is 272 cm³/mol. The van der Waals surface area contributed by atoms with Gasteiger partial charge in [0.05, 0.1) is 54.7 Å². The fourth-order valence-corrected chi connectivity index (χ4v) is 10.2. The molecular weight excluding hydrogens is 1000 g/mol. The number of ether oxygens (including phenoxy) is 2. The van der Waals surface area contributed by atoms with Crippen LogP contribution in [0.2, 0.25) is 0 Å². The monoisotopic (exact) mass is 1060 g/mol. The Balaban J connectivity index is 0.832. The van der Waals surface area contributed by atoms with Crippen LogP contribution in [0.15, 0.2) is 59.4 Å². The van der Waals surface area contributed by atoms with Gasteiger partial charge < -0.3 is 50.6 Å². The number of nitrogens with one attached hydrogen (secondary N) is 5. The van der Waals surface area contributed by atoms with E-state index in [1.165, 1.54) is 34.6 Å². The first-order valence-corrected chi connectivity index (χ1v) is 25.5. The van der Waals surface area contributed by atoms with Crippen molar-refractivity contribution >= 4 is 64.1 Å². The van der Waals surface area contributed by atoms with Crippen LogP contribution in [0.5, 0.6) is 0 Å². The van der Waals surface area contributed by atoms with Crippen molar-refractivity contribution < 1.29 is 62.1 Å². The Hall–Kier alpha value is -8.18. The van der Waals surface area contributed by atoms with Gasteiger partial charge in [-0.15, -0.1) is 0 Å². The van der Waals surface area contributed by atoms with E-state index < -0.39 is 103 Å². The fourth-order valence-electron chi connectivity index (χ4n) is 10.2. The van der Waals surface area contributed by atoms with Gasteiger partial charge in [-0.05, 0) is 74.3 Å².